The molecule has 58 heavy (non-hydrogen) atoms. The molecular weight excluding hydrogens is 768 g/mol. The molecule has 2 heterocycles. The van der Waals surface area contributed by atoms with Crippen LogP contribution in [0.3, 0.4) is 0 Å². The molecule has 2 fully saturated rings. The molecular formula is C40H42O18. The molecule has 0 radical (unpaired) electrons. The Hall–Kier alpha value is -5.83. The van der Waals surface area contributed by atoms with Gasteiger partial charge >= 0.3 is 17.9 Å². The van der Waals surface area contributed by atoms with Gasteiger partial charge in [-0.25, -0.2) is 14.4 Å². The maximum Gasteiger partial charge on any atom is 0.331 e. The van der Waals surface area contributed by atoms with Crippen molar-refractivity contribution >= 4 is 36.1 Å². The van der Waals surface area contributed by atoms with Crippen LogP contribution in [0.2, 0.25) is 0 Å². The van der Waals surface area contributed by atoms with Crippen LogP contribution in [0.4, 0.5) is 0 Å². The topological polar surface area (TPSA) is 278 Å². The number of rotatable bonds is 15. The van der Waals surface area contributed by atoms with E-state index in [1.54, 1.807) is 0 Å². The van der Waals surface area contributed by atoms with E-state index in [2.05, 4.69) is 0 Å². The van der Waals surface area contributed by atoms with E-state index in [-0.39, 0.29) is 23.0 Å². The smallest absolute Gasteiger partial charge is 0.331 e. The molecule has 18 heteroatoms. The van der Waals surface area contributed by atoms with E-state index in [1.165, 1.54) is 92.1 Å². The number of ether oxygens (including phenoxy) is 7. The van der Waals surface area contributed by atoms with E-state index < -0.39 is 92.5 Å². The third-order valence-electron chi connectivity index (χ3n) is 8.93. The van der Waals surface area contributed by atoms with E-state index in [4.69, 9.17) is 33.2 Å². The highest BCUT2D eigenvalue weighted by atomic mass is 16.8. The van der Waals surface area contributed by atoms with Gasteiger partial charge in [-0.3, -0.25) is 0 Å². The number of methoxy groups -OCH3 is 1. The van der Waals surface area contributed by atoms with Crippen molar-refractivity contribution in [2.24, 2.45) is 0 Å². The molecule has 0 saturated carbocycles. The van der Waals surface area contributed by atoms with Gasteiger partial charge in [0, 0.05) is 18.2 Å². The number of benzene rings is 3. The van der Waals surface area contributed by atoms with Gasteiger partial charge in [-0.2, -0.15) is 0 Å². The van der Waals surface area contributed by atoms with Gasteiger partial charge in [0.05, 0.1) is 7.11 Å². The number of carbonyl (C=O) groups excluding carboxylic acids is 3. The molecule has 2 saturated heterocycles. The molecule has 0 spiro atoms. The zero-order chi connectivity index (χ0) is 42.0. The lowest BCUT2D eigenvalue weighted by molar-refractivity contribution is -0.383. The van der Waals surface area contributed by atoms with Crippen molar-refractivity contribution in [3.05, 3.63) is 102 Å². The Labute approximate surface area is 330 Å². The average molecular weight is 811 g/mol. The fourth-order valence-electron chi connectivity index (χ4n) is 5.80. The molecule has 0 amide bonds. The Bertz CT molecular complexity index is 1960. The number of aliphatic hydroxyl groups is 5. The summed E-state index contributed by atoms with van der Waals surface area (Å²) in [5.41, 5.74) is 1.48. The molecule has 2 aliphatic heterocycles. The first-order valence-electron chi connectivity index (χ1n) is 17.6. The molecule has 0 aliphatic carbocycles. The van der Waals surface area contributed by atoms with Crippen LogP contribution in [0, 0.1) is 0 Å². The van der Waals surface area contributed by atoms with Gasteiger partial charge in [0.1, 0.15) is 67.9 Å². The summed E-state index contributed by atoms with van der Waals surface area (Å²) in [6.45, 7) is -2.56. The largest absolute Gasteiger partial charge is 0.508 e. The molecule has 2 aliphatic rings. The van der Waals surface area contributed by atoms with Crippen LogP contribution >= 0.6 is 0 Å². The number of hydrogen-bond acceptors (Lipinski definition) is 18. The highest BCUT2D eigenvalue weighted by Gasteiger charge is 2.61. The molecule has 8 N–H and O–H groups in total. The Kier molecular flexibility index (Phi) is 14.6. The minimum atomic E-state index is -2.57. The predicted molar refractivity (Wildman–Crippen MR) is 198 cm³/mol. The second-order valence-electron chi connectivity index (χ2n) is 13.0. The molecule has 0 aromatic heterocycles. The molecule has 18 nitrogen and oxygen atoms in total. The number of aromatic hydroxyl groups is 3. The van der Waals surface area contributed by atoms with Gasteiger partial charge < -0.3 is 74.0 Å². The van der Waals surface area contributed by atoms with Crippen LogP contribution in [-0.4, -0.2) is 140 Å². The lowest BCUT2D eigenvalue weighted by Gasteiger charge is -2.43. The minimum Gasteiger partial charge on any atom is -0.508 e. The van der Waals surface area contributed by atoms with E-state index in [1.807, 2.05) is 0 Å². The molecule has 5 rings (SSSR count). The Morgan fingerprint density at radius 3 is 1.74 bits per heavy atom. The Morgan fingerprint density at radius 2 is 1.19 bits per heavy atom. The van der Waals surface area contributed by atoms with Gasteiger partial charge in [-0.1, -0.05) is 30.3 Å². The van der Waals surface area contributed by atoms with Gasteiger partial charge in [0.25, 0.3) is 0 Å². The second kappa shape index (κ2) is 19.5. The van der Waals surface area contributed by atoms with E-state index in [0.29, 0.717) is 16.7 Å². The van der Waals surface area contributed by atoms with Crippen LogP contribution in [0.25, 0.3) is 18.2 Å². The molecule has 310 valence electrons. The zero-order valence-corrected chi connectivity index (χ0v) is 30.7. The quantitative estimate of drug-likeness (QED) is 0.0590. The van der Waals surface area contributed by atoms with Gasteiger partial charge in [0.15, 0.2) is 23.9 Å². The summed E-state index contributed by atoms with van der Waals surface area (Å²) in [5, 5.41) is 83.1. The van der Waals surface area contributed by atoms with Gasteiger partial charge in [-0.15, -0.1) is 0 Å². The summed E-state index contributed by atoms with van der Waals surface area (Å²) in [6, 6.07) is 15.9. The van der Waals surface area contributed by atoms with Crippen LogP contribution in [-0.2, 0) is 42.8 Å². The average Bonchev–Trinajstić information content (AvgIpc) is 3.47. The maximum absolute atomic E-state index is 13.0. The Balaban J connectivity index is 1.31. The number of phenols is 3. The predicted octanol–water partition coefficient (Wildman–Crippen LogP) is 0.523. The maximum atomic E-state index is 13.0. The number of aliphatic hydroxyl groups excluding tert-OH is 5. The SMILES string of the molecule is COc1cc(C=CC(=O)OC[C@H]2O[C@H](O[C@]3(CO)O[C@H](COC(=O)C=Cc4ccc(O)cc4)[C@@H](O)[C@@H]3OC(=O)C=Cc3ccc(O)cc3)[C@H](O)[C@@H](O)[C@@H]2O)ccc1O. The molecule has 3 aromatic rings. The molecule has 0 bridgehead atoms. The van der Waals surface area contributed by atoms with Crippen molar-refractivity contribution in [1.82, 2.24) is 0 Å². The van der Waals surface area contributed by atoms with E-state index >= 15 is 0 Å². The van der Waals surface area contributed by atoms with Crippen LogP contribution in [0.1, 0.15) is 16.7 Å². The van der Waals surface area contributed by atoms with E-state index in [0.717, 1.165) is 18.2 Å². The first-order valence-corrected chi connectivity index (χ1v) is 17.6. The van der Waals surface area contributed by atoms with Crippen molar-refractivity contribution in [3.63, 3.8) is 0 Å². The third-order valence-corrected chi connectivity index (χ3v) is 8.93. The fraction of sp³-hybridized carbons (Fsp3) is 0.325. The molecule has 0 unspecified atom stereocenters. The number of esters is 3. The van der Waals surface area contributed by atoms with Crippen molar-refractivity contribution in [2.45, 2.75) is 54.8 Å². The van der Waals surface area contributed by atoms with Crippen molar-refractivity contribution in [2.75, 3.05) is 26.9 Å². The standard InChI is InChI=1S/C40H42O18/c1-52-28-18-24(6-14-27(28)44)9-16-32(46)53-19-29-34(48)36(50)37(51)39(55-29)58-40(21-41)38(56-33(47)17-8-23-4-12-26(43)13-5-23)35(49)30(57-40)20-54-31(45)15-7-22-2-10-25(42)11-3-22/h2-18,29-30,34-39,41-44,48-51H,19-21H2,1H3/t29-,30-,34-,35-,36+,37-,38+,39-,40+/m1/s1. The normalized spacial score (nSPS) is 27.2. The van der Waals surface area contributed by atoms with Crippen LogP contribution < -0.4 is 4.74 Å². The molecule has 3 aromatic carbocycles. The van der Waals surface area contributed by atoms with Crippen LogP contribution in [0.5, 0.6) is 23.0 Å². The summed E-state index contributed by atoms with van der Waals surface area (Å²) < 4.78 is 38.3. The number of phenolic OH excluding ortho intramolecular Hbond substituents is 3. The van der Waals surface area contributed by atoms with Crippen molar-refractivity contribution in [3.8, 4) is 23.0 Å². The minimum absolute atomic E-state index is 0.0149. The zero-order valence-electron chi connectivity index (χ0n) is 30.7. The summed E-state index contributed by atoms with van der Waals surface area (Å²) in [7, 11) is 1.35. The van der Waals surface area contributed by atoms with E-state index in [9.17, 15) is 55.2 Å². The second-order valence-corrected chi connectivity index (χ2v) is 13.0. The van der Waals surface area contributed by atoms with Crippen molar-refractivity contribution in [1.29, 1.82) is 0 Å². The van der Waals surface area contributed by atoms with Crippen molar-refractivity contribution < 1.29 is 88.4 Å². The van der Waals surface area contributed by atoms with Crippen LogP contribution in [0.15, 0.2) is 85.0 Å². The summed E-state index contributed by atoms with van der Waals surface area (Å²) in [5.74, 6) is -5.43. The summed E-state index contributed by atoms with van der Waals surface area (Å²) in [6.07, 6.45) is -7.64. The molecule has 9 atom stereocenters. The first kappa shape index (κ1) is 43.3. The lowest BCUT2D eigenvalue weighted by Crippen LogP contribution is -2.63. The summed E-state index contributed by atoms with van der Waals surface area (Å²) in [4.78, 5) is 38.1. The monoisotopic (exact) mass is 810 g/mol. The fourth-order valence-corrected chi connectivity index (χ4v) is 5.80. The highest BCUT2D eigenvalue weighted by Crippen LogP contribution is 2.38. The van der Waals surface area contributed by atoms with Gasteiger partial charge in [-0.05, 0) is 71.3 Å². The van der Waals surface area contributed by atoms with Gasteiger partial charge in [0.2, 0.25) is 5.79 Å². The third kappa shape index (κ3) is 11.0. The number of hydrogen-bond donors (Lipinski definition) is 8. The number of carbonyl (C=O) groups is 3. The first-order chi connectivity index (χ1) is 27.7. The summed E-state index contributed by atoms with van der Waals surface area (Å²) >= 11 is 0. The Morgan fingerprint density at radius 1 is 0.672 bits per heavy atom. The highest BCUT2D eigenvalue weighted by molar-refractivity contribution is 5.88. The lowest BCUT2D eigenvalue weighted by atomic mass is 9.98.